The highest BCUT2D eigenvalue weighted by atomic mass is 19.1. The van der Waals surface area contributed by atoms with Gasteiger partial charge in [0.15, 0.2) is 0 Å². The van der Waals surface area contributed by atoms with Crippen LogP contribution in [0, 0.1) is 18.2 Å². The lowest BCUT2D eigenvalue weighted by Crippen LogP contribution is -2.47. The molecular formula is C34H49FN4O4. The molecule has 2 aliphatic heterocycles. The zero-order chi connectivity index (χ0) is 31.0. The van der Waals surface area contributed by atoms with E-state index in [0.29, 0.717) is 42.8 Å². The van der Waals surface area contributed by atoms with Crippen LogP contribution in [0.15, 0.2) is 42.1 Å². The summed E-state index contributed by atoms with van der Waals surface area (Å²) in [5.74, 6) is -0.675. The number of aliphatic hydroxyl groups is 1. The maximum Gasteiger partial charge on any atom is 0.251 e. The number of hydrogen-bond acceptors (Lipinski definition) is 6. The van der Waals surface area contributed by atoms with E-state index < -0.39 is 5.82 Å². The number of piperazine rings is 1. The van der Waals surface area contributed by atoms with Gasteiger partial charge in [0.05, 0.1) is 6.61 Å². The molecule has 2 amide bonds. The Kier molecular flexibility index (Phi) is 11.7. The third-order valence-corrected chi connectivity index (χ3v) is 8.32. The van der Waals surface area contributed by atoms with Crippen LogP contribution in [0.5, 0.6) is 0 Å². The Morgan fingerprint density at radius 2 is 1.86 bits per heavy atom. The van der Waals surface area contributed by atoms with Gasteiger partial charge in [-0.05, 0) is 67.0 Å². The first-order valence-corrected chi connectivity index (χ1v) is 15.6. The number of nitrogens with one attached hydrogen (secondary N) is 1. The normalized spacial score (nSPS) is 19.3. The van der Waals surface area contributed by atoms with Crippen molar-refractivity contribution in [2.75, 3.05) is 66.1 Å². The van der Waals surface area contributed by atoms with Gasteiger partial charge >= 0.3 is 0 Å². The number of benzene rings is 1. The highest BCUT2D eigenvalue weighted by Gasteiger charge is 2.27. The maximum absolute atomic E-state index is 15.1. The van der Waals surface area contributed by atoms with E-state index in [-0.39, 0.29) is 36.3 Å². The van der Waals surface area contributed by atoms with E-state index in [1.807, 2.05) is 23.3 Å². The summed E-state index contributed by atoms with van der Waals surface area (Å²) in [6, 6.07) is 3.27. The quantitative estimate of drug-likeness (QED) is 0.377. The molecule has 0 aromatic heterocycles. The summed E-state index contributed by atoms with van der Waals surface area (Å²) >= 11 is 0. The van der Waals surface area contributed by atoms with Gasteiger partial charge in [-0.25, -0.2) is 4.39 Å². The lowest BCUT2D eigenvalue weighted by molar-refractivity contribution is -0.129. The molecule has 3 aliphatic rings. The first-order valence-electron chi connectivity index (χ1n) is 15.6. The van der Waals surface area contributed by atoms with Crippen LogP contribution in [0.3, 0.4) is 0 Å². The van der Waals surface area contributed by atoms with Crippen LogP contribution in [0.2, 0.25) is 0 Å². The summed E-state index contributed by atoms with van der Waals surface area (Å²) in [6.07, 6.45) is 11.3. The van der Waals surface area contributed by atoms with Gasteiger partial charge < -0.3 is 25.0 Å². The monoisotopic (exact) mass is 596 g/mol. The van der Waals surface area contributed by atoms with E-state index in [4.69, 9.17) is 4.74 Å². The molecule has 1 aliphatic carbocycles. The number of aliphatic hydroxyl groups excluding tert-OH is 1. The number of halogens is 1. The van der Waals surface area contributed by atoms with E-state index >= 15 is 4.39 Å². The van der Waals surface area contributed by atoms with E-state index in [9.17, 15) is 14.7 Å². The molecule has 1 saturated carbocycles. The van der Waals surface area contributed by atoms with E-state index in [2.05, 4.69) is 35.0 Å². The molecule has 0 bridgehead atoms. The third-order valence-electron chi connectivity index (χ3n) is 8.32. The van der Waals surface area contributed by atoms with Crippen molar-refractivity contribution in [1.82, 2.24) is 20.0 Å². The molecule has 1 saturated heterocycles. The van der Waals surface area contributed by atoms with Gasteiger partial charge in [-0.3, -0.25) is 14.5 Å². The zero-order valence-corrected chi connectivity index (χ0v) is 26.3. The minimum atomic E-state index is -0.415. The van der Waals surface area contributed by atoms with Crippen LogP contribution in [0.4, 0.5) is 4.39 Å². The minimum Gasteiger partial charge on any atom is -0.396 e. The van der Waals surface area contributed by atoms with Gasteiger partial charge in [-0.1, -0.05) is 32.1 Å². The van der Waals surface area contributed by atoms with E-state index in [1.54, 1.807) is 20.1 Å². The SMILES string of the molecule is COCC(C)(C)CN1C=C(CN2CCN(CCCO)CC2)CC=C(c2cc(C(=O)NC3CC3)cc(F)c2C)C=CCC1=O. The summed E-state index contributed by atoms with van der Waals surface area (Å²) in [5, 5.41) is 12.2. The molecule has 1 aromatic rings. The standard InChI is InChI=1S/C34H49FN4O4/c1-25-30(19-28(20-31(25)35)33(42)36-29-11-12-29)27-7-5-8-32(41)39(23-34(2,3)24-43-4)22-26(9-10-27)21-38-16-14-37(15-17-38)13-6-18-40/h5,7,10,19-20,22,29,40H,6,8-9,11-18,21,23-24H2,1-4H3,(H,36,42). The lowest BCUT2D eigenvalue weighted by Gasteiger charge is -2.36. The zero-order valence-electron chi connectivity index (χ0n) is 26.3. The summed E-state index contributed by atoms with van der Waals surface area (Å²) in [5.41, 5.74) is 3.13. The summed E-state index contributed by atoms with van der Waals surface area (Å²) in [4.78, 5) is 33.0. The molecule has 2 N–H and O–H groups in total. The van der Waals surface area contributed by atoms with Crippen molar-refractivity contribution in [3.63, 3.8) is 0 Å². The van der Waals surface area contributed by atoms with Crippen molar-refractivity contribution < 1.29 is 23.8 Å². The van der Waals surface area contributed by atoms with Crippen molar-refractivity contribution in [2.45, 2.75) is 58.9 Å². The van der Waals surface area contributed by atoms with Gasteiger partial charge in [0, 0.05) is 89.2 Å². The number of carbonyl (C=O) groups is 2. The van der Waals surface area contributed by atoms with Crippen molar-refractivity contribution in [2.24, 2.45) is 5.41 Å². The van der Waals surface area contributed by atoms with Crippen molar-refractivity contribution in [3.8, 4) is 0 Å². The Bertz CT molecular complexity index is 1230. The highest BCUT2D eigenvalue weighted by Crippen LogP contribution is 2.28. The molecule has 4 rings (SSSR count). The second kappa shape index (κ2) is 15.2. The summed E-state index contributed by atoms with van der Waals surface area (Å²) < 4.78 is 20.6. The molecule has 2 heterocycles. The number of rotatable bonds is 12. The number of allylic oxidation sites excluding steroid dienone is 3. The molecule has 9 heteroatoms. The fourth-order valence-corrected chi connectivity index (χ4v) is 5.75. The molecule has 2 fully saturated rings. The number of nitrogens with zero attached hydrogens (tertiary/aromatic N) is 3. The molecular weight excluding hydrogens is 547 g/mol. The molecule has 0 radical (unpaired) electrons. The topological polar surface area (TPSA) is 85.3 Å². The second-order valence-corrected chi connectivity index (χ2v) is 12.9. The minimum absolute atomic E-state index is 0.00605. The Labute approximate surface area is 256 Å². The van der Waals surface area contributed by atoms with Crippen LogP contribution >= 0.6 is 0 Å². The molecule has 0 spiro atoms. The smallest absolute Gasteiger partial charge is 0.251 e. The Morgan fingerprint density at radius 1 is 1.14 bits per heavy atom. The predicted octanol–water partition coefficient (Wildman–Crippen LogP) is 4.14. The highest BCUT2D eigenvalue weighted by molar-refractivity contribution is 5.96. The van der Waals surface area contributed by atoms with Crippen molar-refractivity contribution in [1.29, 1.82) is 0 Å². The largest absolute Gasteiger partial charge is 0.396 e. The van der Waals surface area contributed by atoms with Crippen LogP contribution in [-0.2, 0) is 9.53 Å². The Morgan fingerprint density at radius 3 is 2.53 bits per heavy atom. The molecule has 43 heavy (non-hydrogen) atoms. The van der Waals surface area contributed by atoms with Gasteiger partial charge in [0.25, 0.3) is 5.91 Å². The molecule has 236 valence electrons. The van der Waals surface area contributed by atoms with Crippen LogP contribution in [-0.4, -0.2) is 104 Å². The Hall–Kier alpha value is -2.85. The molecule has 8 nitrogen and oxygen atoms in total. The predicted molar refractivity (Wildman–Crippen MR) is 168 cm³/mol. The number of carbonyl (C=O) groups excluding carboxylic acids is 2. The first kappa shape index (κ1) is 33.1. The van der Waals surface area contributed by atoms with Crippen molar-refractivity contribution in [3.05, 3.63) is 64.6 Å². The van der Waals surface area contributed by atoms with E-state index in [1.165, 1.54) is 6.07 Å². The second-order valence-electron chi connectivity index (χ2n) is 12.9. The number of methoxy groups -OCH3 is 1. The number of hydrogen-bond donors (Lipinski definition) is 2. The first-order chi connectivity index (χ1) is 20.6. The van der Waals surface area contributed by atoms with Gasteiger partial charge in [-0.2, -0.15) is 0 Å². The van der Waals surface area contributed by atoms with E-state index in [0.717, 1.165) is 63.1 Å². The van der Waals surface area contributed by atoms with Crippen LogP contribution in [0.25, 0.3) is 5.57 Å². The fraction of sp³-hybridized carbons (Fsp3) is 0.588. The lowest BCUT2D eigenvalue weighted by atomic mass is 9.93. The molecule has 1 aromatic carbocycles. The average Bonchev–Trinajstić information content (AvgIpc) is 3.79. The van der Waals surface area contributed by atoms with Crippen LogP contribution in [0.1, 0.15) is 67.4 Å². The summed E-state index contributed by atoms with van der Waals surface area (Å²) in [6.45, 7) is 12.5. The average molecular weight is 597 g/mol. The number of ether oxygens (including phenoxy) is 1. The van der Waals surface area contributed by atoms with Gasteiger partial charge in [-0.15, -0.1) is 0 Å². The molecule has 0 atom stereocenters. The maximum atomic E-state index is 15.1. The third kappa shape index (κ3) is 9.83. The Balaban J connectivity index is 1.62. The van der Waals surface area contributed by atoms with Crippen LogP contribution < -0.4 is 5.32 Å². The van der Waals surface area contributed by atoms with Gasteiger partial charge in [0.1, 0.15) is 5.82 Å². The fourth-order valence-electron chi connectivity index (χ4n) is 5.75. The summed E-state index contributed by atoms with van der Waals surface area (Å²) in [7, 11) is 1.68. The van der Waals surface area contributed by atoms with Gasteiger partial charge in [0.2, 0.25) is 5.91 Å². The van der Waals surface area contributed by atoms with Crippen molar-refractivity contribution >= 4 is 17.4 Å². The molecule has 0 unspecified atom stereocenters. The number of amides is 2.